The van der Waals surface area contributed by atoms with Crippen LogP contribution in [-0.2, 0) is 17.8 Å². The standard InChI is InChI=1S/C12H14N4O2/c1-2-9-3-4-11(17)10(7-9)14-12(18)8-16-6-5-13-15-16/h3-7,17H,2,8H2,1H3,(H,14,18). The van der Waals surface area contributed by atoms with Crippen LogP contribution < -0.4 is 5.32 Å². The molecule has 1 heterocycles. The number of benzene rings is 1. The lowest BCUT2D eigenvalue weighted by molar-refractivity contribution is -0.116. The first kappa shape index (κ1) is 12.1. The zero-order valence-electron chi connectivity index (χ0n) is 10.00. The highest BCUT2D eigenvalue weighted by molar-refractivity contribution is 5.92. The van der Waals surface area contributed by atoms with Crippen LogP contribution >= 0.6 is 0 Å². The van der Waals surface area contributed by atoms with Gasteiger partial charge in [-0.15, -0.1) is 5.10 Å². The van der Waals surface area contributed by atoms with E-state index in [2.05, 4.69) is 15.6 Å². The Labute approximate surface area is 104 Å². The number of aromatic nitrogens is 3. The third-order valence-electron chi connectivity index (χ3n) is 2.52. The number of hydrogen-bond donors (Lipinski definition) is 2. The van der Waals surface area contributed by atoms with E-state index < -0.39 is 0 Å². The summed E-state index contributed by atoms with van der Waals surface area (Å²) in [7, 11) is 0. The van der Waals surface area contributed by atoms with E-state index in [1.807, 2.05) is 13.0 Å². The van der Waals surface area contributed by atoms with Gasteiger partial charge in [0.05, 0.1) is 11.9 Å². The number of nitrogens with zero attached hydrogens (tertiary/aromatic N) is 3. The molecule has 0 fully saturated rings. The second-order valence-electron chi connectivity index (χ2n) is 3.85. The Morgan fingerprint density at radius 2 is 2.33 bits per heavy atom. The Balaban J connectivity index is 2.06. The van der Waals surface area contributed by atoms with E-state index in [0.29, 0.717) is 5.69 Å². The van der Waals surface area contributed by atoms with Crippen LogP contribution in [0.25, 0.3) is 0 Å². The van der Waals surface area contributed by atoms with Gasteiger partial charge in [-0.3, -0.25) is 4.79 Å². The summed E-state index contributed by atoms with van der Waals surface area (Å²) in [6.45, 7) is 2.07. The minimum absolute atomic E-state index is 0.0548. The first-order chi connectivity index (χ1) is 8.69. The van der Waals surface area contributed by atoms with Crippen LogP contribution in [0.15, 0.2) is 30.6 Å². The normalized spacial score (nSPS) is 10.3. The van der Waals surface area contributed by atoms with Gasteiger partial charge in [0.15, 0.2) is 0 Å². The summed E-state index contributed by atoms with van der Waals surface area (Å²) in [5, 5.41) is 19.6. The van der Waals surface area contributed by atoms with Gasteiger partial charge in [-0.2, -0.15) is 0 Å². The molecule has 6 heteroatoms. The molecule has 1 aromatic heterocycles. The Hall–Kier alpha value is -2.37. The Bertz CT molecular complexity index is 537. The molecule has 1 amide bonds. The molecule has 0 spiro atoms. The second kappa shape index (κ2) is 5.31. The van der Waals surface area contributed by atoms with E-state index in [9.17, 15) is 9.90 Å². The average Bonchev–Trinajstić information content (AvgIpc) is 2.84. The van der Waals surface area contributed by atoms with E-state index in [1.165, 1.54) is 10.9 Å². The number of phenolic OH excluding ortho intramolecular Hbond substituents is 1. The molecule has 0 atom stereocenters. The maximum absolute atomic E-state index is 11.7. The predicted molar refractivity (Wildman–Crippen MR) is 66.1 cm³/mol. The molecule has 0 aliphatic heterocycles. The second-order valence-corrected chi connectivity index (χ2v) is 3.85. The third kappa shape index (κ3) is 2.85. The van der Waals surface area contributed by atoms with Gasteiger partial charge < -0.3 is 10.4 Å². The SMILES string of the molecule is CCc1ccc(O)c(NC(=O)Cn2ccnn2)c1. The number of carbonyl (C=O) groups excluding carboxylic acids is 1. The van der Waals surface area contributed by atoms with Crippen LogP contribution in [0.3, 0.4) is 0 Å². The summed E-state index contributed by atoms with van der Waals surface area (Å²) >= 11 is 0. The van der Waals surface area contributed by atoms with Gasteiger partial charge in [0.2, 0.25) is 5.91 Å². The van der Waals surface area contributed by atoms with Crippen molar-refractivity contribution in [1.29, 1.82) is 0 Å². The van der Waals surface area contributed by atoms with Crippen molar-refractivity contribution in [2.45, 2.75) is 19.9 Å². The van der Waals surface area contributed by atoms with Gasteiger partial charge in [0.1, 0.15) is 12.3 Å². The quantitative estimate of drug-likeness (QED) is 0.794. The molecule has 0 saturated carbocycles. The molecule has 2 aromatic rings. The summed E-state index contributed by atoms with van der Waals surface area (Å²) in [6.07, 6.45) is 3.94. The van der Waals surface area contributed by atoms with Crippen molar-refractivity contribution in [1.82, 2.24) is 15.0 Å². The highest BCUT2D eigenvalue weighted by Gasteiger charge is 2.08. The first-order valence-corrected chi connectivity index (χ1v) is 5.65. The number of anilines is 1. The predicted octanol–water partition coefficient (Wildman–Crippen LogP) is 1.18. The van der Waals surface area contributed by atoms with Crippen LogP contribution in [0.5, 0.6) is 5.75 Å². The minimum atomic E-state index is -0.260. The molecular formula is C12H14N4O2. The van der Waals surface area contributed by atoms with Crippen molar-refractivity contribution < 1.29 is 9.90 Å². The molecular weight excluding hydrogens is 232 g/mol. The number of hydrogen-bond acceptors (Lipinski definition) is 4. The van der Waals surface area contributed by atoms with E-state index >= 15 is 0 Å². The molecule has 1 aromatic carbocycles. The molecule has 2 N–H and O–H groups in total. The van der Waals surface area contributed by atoms with E-state index in [0.717, 1.165) is 12.0 Å². The number of nitrogens with one attached hydrogen (secondary N) is 1. The van der Waals surface area contributed by atoms with E-state index in [1.54, 1.807) is 18.3 Å². The monoisotopic (exact) mass is 246 g/mol. The van der Waals surface area contributed by atoms with Crippen molar-refractivity contribution in [3.63, 3.8) is 0 Å². The average molecular weight is 246 g/mol. The highest BCUT2D eigenvalue weighted by Crippen LogP contribution is 2.24. The fourth-order valence-corrected chi connectivity index (χ4v) is 1.56. The molecule has 0 aliphatic rings. The summed E-state index contributed by atoms with van der Waals surface area (Å²) < 4.78 is 1.41. The zero-order valence-corrected chi connectivity index (χ0v) is 10.00. The van der Waals surface area contributed by atoms with Gasteiger partial charge in [-0.25, -0.2) is 4.68 Å². The fourth-order valence-electron chi connectivity index (χ4n) is 1.56. The van der Waals surface area contributed by atoms with Gasteiger partial charge in [0.25, 0.3) is 0 Å². The lowest BCUT2D eigenvalue weighted by Crippen LogP contribution is -2.19. The van der Waals surface area contributed by atoms with Gasteiger partial charge in [-0.05, 0) is 24.1 Å². The molecule has 94 valence electrons. The van der Waals surface area contributed by atoms with Crippen molar-refractivity contribution in [2.75, 3.05) is 5.32 Å². The molecule has 0 radical (unpaired) electrons. The number of carbonyl (C=O) groups is 1. The maximum atomic E-state index is 11.7. The highest BCUT2D eigenvalue weighted by atomic mass is 16.3. The summed E-state index contributed by atoms with van der Waals surface area (Å²) in [6, 6.07) is 5.15. The molecule has 6 nitrogen and oxygen atoms in total. The lowest BCUT2D eigenvalue weighted by atomic mass is 10.1. The topological polar surface area (TPSA) is 80.0 Å². The van der Waals surface area contributed by atoms with Crippen molar-refractivity contribution in [3.8, 4) is 5.75 Å². The summed E-state index contributed by atoms with van der Waals surface area (Å²) in [5.74, 6) is -0.205. The molecule has 0 aliphatic carbocycles. The number of amides is 1. The number of aryl methyl sites for hydroxylation is 1. The Kier molecular flexibility index (Phi) is 3.57. The molecule has 2 rings (SSSR count). The van der Waals surface area contributed by atoms with Crippen molar-refractivity contribution >= 4 is 11.6 Å². The molecule has 0 bridgehead atoms. The van der Waals surface area contributed by atoms with Crippen molar-refractivity contribution in [2.24, 2.45) is 0 Å². The van der Waals surface area contributed by atoms with Crippen LogP contribution in [0.2, 0.25) is 0 Å². The Morgan fingerprint density at radius 1 is 1.50 bits per heavy atom. The lowest BCUT2D eigenvalue weighted by Gasteiger charge is -2.08. The first-order valence-electron chi connectivity index (χ1n) is 5.65. The smallest absolute Gasteiger partial charge is 0.246 e. The number of aromatic hydroxyl groups is 1. The summed E-state index contributed by atoms with van der Waals surface area (Å²) in [5.41, 5.74) is 1.46. The molecule has 18 heavy (non-hydrogen) atoms. The van der Waals surface area contributed by atoms with Gasteiger partial charge in [0, 0.05) is 6.20 Å². The summed E-state index contributed by atoms with van der Waals surface area (Å²) in [4.78, 5) is 11.7. The molecule has 0 saturated heterocycles. The van der Waals surface area contributed by atoms with Gasteiger partial charge >= 0.3 is 0 Å². The van der Waals surface area contributed by atoms with Crippen LogP contribution in [-0.4, -0.2) is 26.0 Å². The largest absolute Gasteiger partial charge is 0.506 e. The number of phenols is 1. The zero-order chi connectivity index (χ0) is 13.0. The molecule has 0 unspecified atom stereocenters. The van der Waals surface area contributed by atoms with Crippen molar-refractivity contribution in [3.05, 3.63) is 36.2 Å². The van der Waals surface area contributed by atoms with E-state index in [4.69, 9.17) is 0 Å². The number of rotatable bonds is 4. The maximum Gasteiger partial charge on any atom is 0.246 e. The Morgan fingerprint density at radius 3 is 3.00 bits per heavy atom. The fraction of sp³-hybridized carbons (Fsp3) is 0.250. The van der Waals surface area contributed by atoms with Crippen LogP contribution in [0.1, 0.15) is 12.5 Å². The van der Waals surface area contributed by atoms with Crippen LogP contribution in [0, 0.1) is 0 Å². The van der Waals surface area contributed by atoms with Crippen LogP contribution in [0.4, 0.5) is 5.69 Å². The third-order valence-corrected chi connectivity index (χ3v) is 2.52. The van der Waals surface area contributed by atoms with Gasteiger partial charge in [-0.1, -0.05) is 18.2 Å². The minimum Gasteiger partial charge on any atom is -0.506 e. The van der Waals surface area contributed by atoms with E-state index in [-0.39, 0.29) is 18.2 Å².